The van der Waals surface area contributed by atoms with Crippen LogP contribution in [0, 0.1) is 23.7 Å². The van der Waals surface area contributed by atoms with Crippen LogP contribution in [0.2, 0.25) is 0 Å². The molecule has 0 spiro atoms. The summed E-state index contributed by atoms with van der Waals surface area (Å²) in [6.07, 6.45) is 5.03. The molecule has 0 rings (SSSR count). The fourth-order valence-electron chi connectivity index (χ4n) is 1.63. The van der Waals surface area contributed by atoms with E-state index in [0.717, 1.165) is 11.8 Å². The van der Waals surface area contributed by atoms with Crippen LogP contribution in [-0.4, -0.2) is 0 Å². The molecule has 0 saturated carbocycles. The summed E-state index contributed by atoms with van der Waals surface area (Å²) < 4.78 is 0. The molecule has 12 heavy (non-hydrogen) atoms. The molecule has 0 fully saturated rings. The lowest BCUT2D eigenvalue weighted by Crippen LogP contribution is -2.11. The molecule has 0 aromatic rings. The van der Waals surface area contributed by atoms with Gasteiger partial charge in [-0.3, -0.25) is 0 Å². The maximum absolute atomic E-state index is 2.43. The molecule has 0 aromatic carbocycles. The Morgan fingerprint density at radius 2 is 1.58 bits per heavy atom. The van der Waals surface area contributed by atoms with E-state index in [2.05, 4.69) is 48.0 Å². The smallest absolute Gasteiger partial charge is 0.0358 e. The molecule has 0 N–H and O–H groups in total. The van der Waals surface area contributed by atoms with Crippen LogP contribution in [-0.2, 0) is 0 Å². The first kappa shape index (κ1) is 12.0. The predicted octanol–water partition coefficient (Wildman–Crippen LogP) is 4.31. The van der Waals surface area contributed by atoms with Crippen molar-refractivity contribution in [1.29, 1.82) is 0 Å². The van der Waals surface area contributed by atoms with Crippen molar-refractivity contribution in [3.63, 3.8) is 0 Å². The third kappa shape index (κ3) is 8.10. The second-order valence-corrected chi connectivity index (χ2v) is 5.59. The van der Waals surface area contributed by atoms with Gasteiger partial charge < -0.3 is 0 Å². The van der Waals surface area contributed by atoms with Crippen molar-refractivity contribution in [2.24, 2.45) is 17.3 Å². The van der Waals surface area contributed by atoms with E-state index in [-0.39, 0.29) is 0 Å². The summed E-state index contributed by atoms with van der Waals surface area (Å²) in [5.74, 6) is 1.58. The minimum Gasteiger partial charge on any atom is -0.0625 e. The summed E-state index contributed by atoms with van der Waals surface area (Å²) in [6.45, 7) is 13.8. The van der Waals surface area contributed by atoms with Gasteiger partial charge in [-0.2, -0.15) is 0 Å². The first-order valence-electron chi connectivity index (χ1n) is 5.14. The number of rotatable bonds is 4. The van der Waals surface area contributed by atoms with Crippen LogP contribution in [0.4, 0.5) is 0 Å². The van der Waals surface area contributed by atoms with Gasteiger partial charge in [0.2, 0.25) is 0 Å². The van der Waals surface area contributed by atoms with E-state index < -0.39 is 0 Å². The summed E-state index contributed by atoms with van der Waals surface area (Å²) >= 11 is 0. The zero-order valence-electron chi connectivity index (χ0n) is 9.65. The van der Waals surface area contributed by atoms with Crippen molar-refractivity contribution in [1.82, 2.24) is 0 Å². The van der Waals surface area contributed by atoms with Gasteiger partial charge in [-0.15, -0.1) is 0 Å². The van der Waals surface area contributed by atoms with E-state index in [1.807, 2.05) is 0 Å². The SMILES string of the molecule is CC(C)[CH]CC(C)CC(C)(C)C. The molecule has 73 valence electrons. The lowest BCUT2D eigenvalue weighted by molar-refractivity contribution is 0.301. The van der Waals surface area contributed by atoms with Gasteiger partial charge in [0.15, 0.2) is 0 Å². The van der Waals surface area contributed by atoms with E-state index in [4.69, 9.17) is 0 Å². The normalized spacial score (nSPS) is 15.2. The monoisotopic (exact) mass is 169 g/mol. The molecule has 0 nitrogen and oxygen atoms in total. The van der Waals surface area contributed by atoms with Gasteiger partial charge in [-0.05, 0) is 36.5 Å². The summed E-state index contributed by atoms with van der Waals surface area (Å²) in [5, 5.41) is 0. The standard InChI is InChI=1S/C12H25/c1-10(2)7-8-11(3)9-12(4,5)6/h7,10-11H,8-9H2,1-6H3. The highest BCUT2D eigenvalue weighted by Crippen LogP contribution is 2.27. The quantitative estimate of drug-likeness (QED) is 0.588. The van der Waals surface area contributed by atoms with E-state index in [9.17, 15) is 0 Å². The molecule has 0 aliphatic carbocycles. The molecule has 0 saturated heterocycles. The molecular formula is C12H25. The summed E-state index contributed by atoms with van der Waals surface area (Å²) in [7, 11) is 0. The van der Waals surface area contributed by atoms with Crippen LogP contribution < -0.4 is 0 Å². The van der Waals surface area contributed by atoms with E-state index >= 15 is 0 Å². The molecule has 1 radical (unpaired) electrons. The lowest BCUT2D eigenvalue weighted by atomic mass is 9.83. The molecule has 0 heterocycles. The number of hydrogen-bond acceptors (Lipinski definition) is 0. The molecule has 0 amide bonds. The topological polar surface area (TPSA) is 0 Å². The van der Waals surface area contributed by atoms with Crippen LogP contribution in [0.3, 0.4) is 0 Å². The van der Waals surface area contributed by atoms with E-state index in [1.165, 1.54) is 12.8 Å². The van der Waals surface area contributed by atoms with Crippen molar-refractivity contribution in [2.75, 3.05) is 0 Å². The third-order valence-corrected chi connectivity index (χ3v) is 1.97. The van der Waals surface area contributed by atoms with Gasteiger partial charge in [0.25, 0.3) is 0 Å². The van der Waals surface area contributed by atoms with Gasteiger partial charge in [-0.1, -0.05) is 41.5 Å². The predicted molar refractivity (Wildman–Crippen MR) is 57.0 cm³/mol. The minimum absolute atomic E-state index is 0.490. The average Bonchev–Trinajstić information content (AvgIpc) is 1.79. The molecule has 0 heteroatoms. The molecule has 0 aliphatic rings. The van der Waals surface area contributed by atoms with Crippen molar-refractivity contribution in [2.45, 2.75) is 54.4 Å². The fourth-order valence-corrected chi connectivity index (χ4v) is 1.63. The Bertz CT molecular complexity index is 106. The van der Waals surface area contributed by atoms with Gasteiger partial charge in [0.1, 0.15) is 0 Å². The minimum atomic E-state index is 0.490. The molecule has 0 aromatic heterocycles. The van der Waals surface area contributed by atoms with Crippen LogP contribution in [0.5, 0.6) is 0 Å². The van der Waals surface area contributed by atoms with Gasteiger partial charge in [0, 0.05) is 0 Å². The van der Waals surface area contributed by atoms with Crippen molar-refractivity contribution in [3.05, 3.63) is 6.42 Å². The van der Waals surface area contributed by atoms with Crippen LogP contribution >= 0.6 is 0 Å². The highest BCUT2D eigenvalue weighted by atomic mass is 14.2. The molecule has 1 atom stereocenters. The second-order valence-electron chi connectivity index (χ2n) is 5.59. The maximum atomic E-state index is 2.43. The molecule has 0 bridgehead atoms. The highest BCUT2D eigenvalue weighted by Gasteiger charge is 2.15. The summed E-state index contributed by atoms with van der Waals surface area (Å²) in [5.41, 5.74) is 0.490. The Hall–Kier alpha value is 0. The fraction of sp³-hybridized carbons (Fsp3) is 0.917. The lowest BCUT2D eigenvalue weighted by Gasteiger charge is -2.23. The third-order valence-electron chi connectivity index (χ3n) is 1.97. The number of hydrogen-bond donors (Lipinski definition) is 0. The average molecular weight is 169 g/mol. The molecular weight excluding hydrogens is 144 g/mol. The maximum Gasteiger partial charge on any atom is -0.0358 e. The van der Waals surface area contributed by atoms with Gasteiger partial charge in [-0.25, -0.2) is 0 Å². The molecule has 0 aliphatic heterocycles. The Kier molecular flexibility index (Phi) is 4.89. The van der Waals surface area contributed by atoms with Gasteiger partial charge >= 0.3 is 0 Å². The Labute approximate surface area is 78.8 Å². The molecule has 1 unspecified atom stereocenters. The first-order valence-corrected chi connectivity index (χ1v) is 5.14. The first-order chi connectivity index (χ1) is 5.31. The largest absolute Gasteiger partial charge is 0.0625 e. The Morgan fingerprint density at radius 3 is 1.92 bits per heavy atom. The van der Waals surface area contributed by atoms with E-state index in [0.29, 0.717) is 5.41 Å². The second kappa shape index (κ2) is 4.89. The van der Waals surface area contributed by atoms with Crippen molar-refractivity contribution < 1.29 is 0 Å². The van der Waals surface area contributed by atoms with Crippen LogP contribution in [0.1, 0.15) is 54.4 Å². The van der Waals surface area contributed by atoms with Gasteiger partial charge in [0.05, 0.1) is 0 Å². The van der Waals surface area contributed by atoms with Crippen LogP contribution in [0.25, 0.3) is 0 Å². The van der Waals surface area contributed by atoms with Crippen molar-refractivity contribution in [3.8, 4) is 0 Å². The highest BCUT2D eigenvalue weighted by molar-refractivity contribution is 4.75. The van der Waals surface area contributed by atoms with Crippen molar-refractivity contribution >= 4 is 0 Å². The summed E-state index contributed by atoms with van der Waals surface area (Å²) in [4.78, 5) is 0. The van der Waals surface area contributed by atoms with Crippen LogP contribution in [0.15, 0.2) is 0 Å². The zero-order valence-corrected chi connectivity index (χ0v) is 9.65. The Balaban J connectivity index is 3.53. The zero-order chi connectivity index (χ0) is 9.78. The van der Waals surface area contributed by atoms with E-state index in [1.54, 1.807) is 0 Å². The summed E-state index contributed by atoms with van der Waals surface area (Å²) in [6, 6.07) is 0. The Morgan fingerprint density at radius 1 is 1.08 bits per heavy atom.